The summed E-state index contributed by atoms with van der Waals surface area (Å²) in [7, 11) is 0. The van der Waals surface area contributed by atoms with E-state index in [0.717, 1.165) is 12.2 Å². The number of ether oxygens (including phenoxy) is 2. The average Bonchev–Trinajstić information content (AvgIpc) is 2.53. The molecule has 0 aliphatic carbocycles. The first-order valence-corrected chi connectivity index (χ1v) is 9.16. The molecule has 2 atom stereocenters. The van der Waals surface area contributed by atoms with E-state index < -0.39 is 0 Å². The van der Waals surface area contributed by atoms with Crippen LogP contribution in [0.2, 0.25) is 0 Å². The SMILES string of the molecule is CC.CCC(C)c1ccc2cc(OC(C)OC(C)(C)C)ccc2c1. The molecule has 2 unspecified atom stereocenters. The van der Waals surface area contributed by atoms with Crippen LogP contribution in [-0.4, -0.2) is 11.9 Å². The summed E-state index contributed by atoms with van der Waals surface area (Å²) in [4.78, 5) is 0. The molecular formula is C22H34O2. The van der Waals surface area contributed by atoms with Gasteiger partial charge in [-0.25, -0.2) is 0 Å². The highest BCUT2D eigenvalue weighted by molar-refractivity contribution is 5.84. The van der Waals surface area contributed by atoms with E-state index in [0.29, 0.717) is 5.92 Å². The molecule has 2 aromatic carbocycles. The van der Waals surface area contributed by atoms with E-state index in [1.807, 2.05) is 47.6 Å². The third-order valence-corrected chi connectivity index (χ3v) is 3.84. The molecule has 2 nitrogen and oxygen atoms in total. The zero-order chi connectivity index (χ0) is 18.3. The predicted molar refractivity (Wildman–Crippen MR) is 105 cm³/mol. The maximum absolute atomic E-state index is 5.88. The summed E-state index contributed by atoms with van der Waals surface area (Å²) in [5.74, 6) is 1.45. The lowest BCUT2D eigenvalue weighted by Crippen LogP contribution is -2.29. The molecule has 0 saturated carbocycles. The molecule has 134 valence electrons. The van der Waals surface area contributed by atoms with Crippen LogP contribution in [0.1, 0.15) is 73.3 Å². The Labute approximate surface area is 148 Å². The maximum atomic E-state index is 5.88. The molecule has 2 heteroatoms. The van der Waals surface area contributed by atoms with Crippen molar-refractivity contribution < 1.29 is 9.47 Å². The third-order valence-electron chi connectivity index (χ3n) is 3.84. The first kappa shape index (κ1) is 20.5. The lowest BCUT2D eigenvalue weighted by molar-refractivity contribution is -0.140. The minimum Gasteiger partial charge on any atom is -0.465 e. The Hall–Kier alpha value is -1.54. The Kier molecular flexibility index (Phi) is 7.75. The molecule has 0 aromatic heterocycles. The highest BCUT2D eigenvalue weighted by Crippen LogP contribution is 2.27. The van der Waals surface area contributed by atoms with Crippen LogP contribution in [0.4, 0.5) is 0 Å². The summed E-state index contributed by atoms with van der Waals surface area (Å²) >= 11 is 0. The van der Waals surface area contributed by atoms with Gasteiger partial charge in [0.15, 0.2) is 6.29 Å². The molecule has 0 bridgehead atoms. The average molecular weight is 331 g/mol. The van der Waals surface area contributed by atoms with Crippen LogP contribution in [0.3, 0.4) is 0 Å². The van der Waals surface area contributed by atoms with Gasteiger partial charge in [-0.3, -0.25) is 0 Å². The Bertz CT molecular complexity index is 625. The van der Waals surface area contributed by atoms with E-state index in [2.05, 4.69) is 44.2 Å². The van der Waals surface area contributed by atoms with Crippen molar-refractivity contribution in [3.05, 3.63) is 42.0 Å². The Balaban J connectivity index is 0.00000139. The largest absolute Gasteiger partial charge is 0.465 e. The normalized spacial score (nSPS) is 13.8. The second-order valence-electron chi connectivity index (χ2n) is 6.99. The van der Waals surface area contributed by atoms with Crippen LogP contribution in [0.25, 0.3) is 10.8 Å². The monoisotopic (exact) mass is 330 g/mol. The molecule has 24 heavy (non-hydrogen) atoms. The molecular weight excluding hydrogens is 296 g/mol. The van der Waals surface area contributed by atoms with Crippen LogP contribution < -0.4 is 4.74 Å². The fourth-order valence-corrected chi connectivity index (χ4v) is 2.57. The Morgan fingerprint density at radius 3 is 2.08 bits per heavy atom. The van der Waals surface area contributed by atoms with E-state index in [1.54, 1.807) is 0 Å². The fourth-order valence-electron chi connectivity index (χ4n) is 2.57. The summed E-state index contributed by atoms with van der Waals surface area (Å²) in [5, 5.41) is 2.46. The van der Waals surface area contributed by atoms with E-state index in [-0.39, 0.29) is 11.9 Å². The predicted octanol–water partition coefficient (Wildman–Crippen LogP) is 6.92. The quantitative estimate of drug-likeness (QED) is 0.554. The number of rotatable bonds is 5. The zero-order valence-corrected chi connectivity index (χ0v) is 16.6. The zero-order valence-electron chi connectivity index (χ0n) is 16.6. The van der Waals surface area contributed by atoms with Gasteiger partial charge in [0.25, 0.3) is 0 Å². The van der Waals surface area contributed by atoms with Gasteiger partial charge < -0.3 is 9.47 Å². The molecule has 0 fully saturated rings. The van der Waals surface area contributed by atoms with Crippen molar-refractivity contribution in [1.29, 1.82) is 0 Å². The van der Waals surface area contributed by atoms with Crippen LogP contribution in [0, 0.1) is 0 Å². The van der Waals surface area contributed by atoms with Crippen molar-refractivity contribution in [3.8, 4) is 5.75 Å². The highest BCUT2D eigenvalue weighted by Gasteiger charge is 2.16. The van der Waals surface area contributed by atoms with E-state index >= 15 is 0 Å². The van der Waals surface area contributed by atoms with Gasteiger partial charge in [0.2, 0.25) is 0 Å². The Morgan fingerprint density at radius 1 is 0.917 bits per heavy atom. The maximum Gasteiger partial charge on any atom is 0.197 e. The summed E-state index contributed by atoms with van der Waals surface area (Å²) < 4.78 is 11.7. The summed E-state index contributed by atoms with van der Waals surface area (Å²) in [5.41, 5.74) is 1.19. The number of benzene rings is 2. The second-order valence-corrected chi connectivity index (χ2v) is 6.99. The van der Waals surface area contributed by atoms with Crippen molar-refractivity contribution in [2.45, 2.75) is 79.6 Å². The van der Waals surface area contributed by atoms with Gasteiger partial charge in [0.1, 0.15) is 5.75 Å². The number of hydrogen-bond donors (Lipinski definition) is 0. The topological polar surface area (TPSA) is 18.5 Å². The van der Waals surface area contributed by atoms with Gasteiger partial charge in [-0.05, 0) is 68.5 Å². The molecule has 0 radical (unpaired) electrons. The summed E-state index contributed by atoms with van der Waals surface area (Å²) in [6.07, 6.45) is 0.894. The van der Waals surface area contributed by atoms with Gasteiger partial charge in [0.05, 0.1) is 5.60 Å². The lowest BCUT2D eigenvalue weighted by atomic mass is 9.96. The number of hydrogen-bond acceptors (Lipinski definition) is 2. The van der Waals surface area contributed by atoms with Crippen LogP contribution in [0.5, 0.6) is 5.75 Å². The minimum atomic E-state index is -0.267. The van der Waals surface area contributed by atoms with E-state index in [9.17, 15) is 0 Å². The first-order chi connectivity index (χ1) is 11.3. The summed E-state index contributed by atoms with van der Waals surface area (Å²) in [6, 6.07) is 12.9. The Morgan fingerprint density at radius 2 is 1.50 bits per heavy atom. The van der Waals surface area contributed by atoms with Crippen LogP contribution in [0.15, 0.2) is 36.4 Å². The van der Waals surface area contributed by atoms with Gasteiger partial charge in [-0.1, -0.05) is 52.0 Å². The smallest absolute Gasteiger partial charge is 0.197 e. The van der Waals surface area contributed by atoms with Crippen molar-refractivity contribution >= 4 is 10.8 Å². The first-order valence-electron chi connectivity index (χ1n) is 9.16. The third kappa shape index (κ3) is 6.16. The fraction of sp³-hybridized carbons (Fsp3) is 0.545. The van der Waals surface area contributed by atoms with Gasteiger partial charge in [-0.2, -0.15) is 0 Å². The van der Waals surface area contributed by atoms with Gasteiger partial charge in [0, 0.05) is 0 Å². The molecule has 0 spiro atoms. The summed E-state index contributed by atoms with van der Waals surface area (Å²) in [6.45, 7) is 16.5. The molecule has 0 saturated heterocycles. The van der Waals surface area contributed by atoms with E-state index in [1.165, 1.54) is 16.3 Å². The van der Waals surface area contributed by atoms with Crippen molar-refractivity contribution in [1.82, 2.24) is 0 Å². The molecule has 2 rings (SSSR count). The molecule has 2 aromatic rings. The molecule has 0 aliphatic rings. The molecule has 0 N–H and O–H groups in total. The molecule has 0 amide bonds. The van der Waals surface area contributed by atoms with E-state index in [4.69, 9.17) is 9.47 Å². The van der Waals surface area contributed by atoms with Crippen molar-refractivity contribution in [2.75, 3.05) is 0 Å². The van der Waals surface area contributed by atoms with Gasteiger partial charge in [-0.15, -0.1) is 0 Å². The second kappa shape index (κ2) is 9.08. The lowest BCUT2D eigenvalue weighted by Gasteiger charge is -2.25. The van der Waals surface area contributed by atoms with Crippen LogP contribution >= 0.6 is 0 Å². The highest BCUT2D eigenvalue weighted by atomic mass is 16.7. The van der Waals surface area contributed by atoms with Crippen molar-refractivity contribution in [2.24, 2.45) is 0 Å². The van der Waals surface area contributed by atoms with Crippen molar-refractivity contribution in [3.63, 3.8) is 0 Å². The van der Waals surface area contributed by atoms with Crippen LogP contribution in [-0.2, 0) is 4.74 Å². The van der Waals surface area contributed by atoms with Gasteiger partial charge >= 0.3 is 0 Å². The number of fused-ring (bicyclic) bond motifs is 1. The molecule has 0 aliphatic heterocycles. The standard InChI is InChI=1S/C20H28O2.C2H6/c1-7-14(2)16-8-9-18-13-19(11-10-17(18)12-16)21-15(3)22-20(4,5)6;1-2/h8-15H,7H2,1-6H3;1-2H3. The molecule has 0 heterocycles. The minimum absolute atomic E-state index is 0.207.